The van der Waals surface area contributed by atoms with Crippen LogP contribution in [-0.2, 0) is 4.79 Å². The van der Waals surface area contributed by atoms with Gasteiger partial charge in [-0.1, -0.05) is 25.1 Å². The van der Waals surface area contributed by atoms with Gasteiger partial charge in [-0.3, -0.25) is 4.79 Å². The molecular weight excluding hydrogens is 228 g/mol. The van der Waals surface area contributed by atoms with Crippen molar-refractivity contribution in [2.45, 2.75) is 25.7 Å². The summed E-state index contributed by atoms with van der Waals surface area (Å²) in [7, 11) is 0. The van der Waals surface area contributed by atoms with E-state index in [4.69, 9.17) is 15.7 Å². The van der Waals surface area contributed by atoms with Crippen LogP contribution >= 0.6 is 0 Å². The summed E-state index contributed by atoms with van der Waals surface area (Å²) in [6, 6.07) is 9.41. The fraction of sp³-hybridized carbons (Fsp3) is 0.286. The molecule has 4 heteroatoms. The quantitative estimate of drug-likeness (QED) is 0.881. The molecule has 1 aromatic rings. The molecule has 1 heterocycles. The van der Waals surface area contributed by atoms with Gasteiger partial charge in [-0.05, 0) is 6.07 Å². The number of ketones is 1. The van der Waals surface area contributed by atoms with Gasteiger partial charge in [0.1, 0.15) is 17.6 Å². The van der Waals surface area contributed by atoms with Crippen LogP contribution in [-0.4, -0.2) is 5.78 Å². The number of nitriles is 1. The maximum Gasteiger partial charge on any atom is 0.205 e. The van der Waals surface area contributed by atoms with E-state index in [1.807, 2.05) is 25.1 Å². The van der Waals surface area contributed by atoms with E-state index in [9.17, 15) is 4.79 Å². The lowest BCUT2D eigenvalue weighted by atomic mass is 9.85. The number of fused-ring (bicyclic) bond motifs is 1. The summed E-state index contributed by atoms with van der Waals surface area (Å²) < 4.78 is 5.40. The van der Waals surface area contributed by atoms with Gasteiger partial charge in [-0.15, -0.1) is 0 Å². The van der Waals surface area contributed by atoms with Crippen molar-refractivity contribution in [2.24, 2.45) is 5.73 Å². The first-order chi connectivity index (χ1) is 8.67. The monoisotopic (exact) mass is 242 g/mol. The Morgan fingerprint density at radius 1 is 1.50 bits per heavy atom. The van der Waals surface area contributed by atoms with E-state index in [-0.39, 0.29) is 17.6 Å². The Bertz CT molecular complexity index is 555. The zero-order valence-electron chi connectivity index (χ0n) is 10.1. The molecule has 1 atom stereocenters. The van der Waals surface area contributed by atoms with Gasteiger partial charge in [0.25, 0.3) is 0 Å². The van der Waals surface area contributed by atoms with Crippen LogP contribution < -0.4 is 10.5 Å². The van der Waals surface area contributed by atoms with E-state index in [2.05, 4.69) is 6.07 Å². The van der Waals surface area contributed by atoms with Crippen molar-refractivity contribution in [3.05, 3.63) is 41.3 Å². The molecule has 0 amide bonds. The highest BCUT2D eigenvalue weighted by atomic mass is 16.5. The molecule has 0 aromatic heterocycles. The number of nitrogens with zero attached hydrogens (tertiary/aromatic N) is 1. The maximum absolute atomic E-state index is 11.6. The first-order valence-corrected chi connectivity index (χ1v) is 5.85. The third-order valence-electron chi connectivity index (χ3n) is 3.07. The Labute approximate surface area is 106 Å². The molecule has 92 valence electrons. The van der Waals surface area contributed by atoms with Crippen LogP contribution in [0, 0.1) is 11.3 Å². The molecule has 0 saturated carbocycles. The van der Waals surface area contributed by atoms with Crippen LogP contribution in [0.15, 0.2) is 35.7 Å². The summed E-state index contributed by atoms with van der Waals surface area (Å²) in [6.45, 7) is 1.81. The van der Waals surface area contributed by atoms with Gasteiger partial charge in [-0.2, -0.15) is 5.26 Å². The largest absolute Gasteiger partial charge is 0.440 e. The maximum atomic E-state index is 11.6. The van der Waals surface area contributed by atoms with Crippen molar-refractivity contribution in [3.63, 3.8) is 0 Å². The van der Waals surface area contributed by atoms with Crippen molar-refractivity contribution in [1.82, 2.24) is 0 Å². The Morgan fingerprint density at radius 2 is 2.22 bits per heavy atom. The minimum absolute atomic E-state index is 0.102. The van der Waals surface area contributed by atoms with Crippen molar-refractivity contribution in [2.75, 3.05) is 0 Å². The highest BCUT2D eigenvalue weighted by Gasteiger charge is 2.29. The van der Waals surface area contributed by atoms with Crippen molar-refractivity contribution in [1.29, 1.82) is 5.26 Å². The summed E-state index contributed by atoms with van der Waals surface area (Å²) in [6.07, 6.45) is 0.749. The van der Waals surface area contributed by atoms with Crippen LogP contribution in [0.2, 0.25) is 0 Å². The standard InChI is InChI=1S/C14H14N2O2/c1-2-9(17)7-11-10-5-3-4-6-13(10)18-14(16)12(11)8-15/h3-6,11H,2,7,16H2,1H3/t11-/m0/s1. The van der Waals surface area contributed by atoms with E-state index in [1.165, 1.54) is 0 Å². The average Bonchev–Trinajstić information content (AvgIpc) is 2.38. The van der Waals surface area contributed by atoms with Gasteiger partial charge in [0.05, 0.1) is 5.57 Å². The number of Topliss-reactive ketones (excluding diaryl/α,β-unsaturated/α-hetero) is 1. The molecule has 0 radical (unpaired) electrons. The summed E-state index contributed by atoms with van der Waals surface area (Å²) in [5.41, 5.74) is 6.93. The molecular formula is C14H14N2O2. The van der Waals surface area contributed by atoms with Crippen LogP contribution in [0.3, 0.4) is 0 Å². The highest BCUT2D eigenvalue weighted by molar-refractivity contribution is 5.80. The van der Waals surface area contributed by atoms with Crippen LogP contribution in [0.5, 0.6) is 5.75 Å². The van der Waals surface area contributed by atoms with Gasteiger partial charge < -0.3 is 10.5 Å². The lowest BCUT2D eigenvalue weighted by Crippen LogP contribution is -2.21. The third-order valence-corrected chi connectivity index (χ3v) is 3.07. The second-order valence-electron chi connectivity index (χ2n) is 4.18. The van der Waals surface area contributed by atoms with E-state index >= 15 is 0 Å². The highest BCUT2D eigenvalue weighted by Crippen LogP contribution is 2.39. The second kappa shape index (κ2) is 4.92. The van der Waals surface area contributed by atoms with Gasteiger partial charge in [-0.25, -0.2) is 0 Å². The molecule has 0 spiro atoms. The predicted octanol–water partition coefficient (Wildman–Crippen LogP) is 2.23. The zero-order chi connectivity index (χ0) is 13.1. The second-order valence-corrected chi connectivity index (χ2v) is 4.18. The third kappa shape index (κ3) is 2.07. The van der Waals surface area contributed by atoms with Gasteiger partial charge in [0.2, 0.25) is 5.88 Å². The fourth-order valence-electron chi connectivity index (χ4n) is 2.08. The number of rotatable bonds is 3. The first-order valence-electron chi connectivity index (χ1n) is 5.85. The number of hydrogen-bond acceptors (Lipinski definition) is 4. The fourth-order valence-corrected chi connectivity index (χ4v) is 2.08. The molecule has 18 heavy (non-hydrogen) atoms. The zero-order valence-corrected chi connectivity index (χ0v) is 10.1. The molecule has 2 rings (SSSR count). The number of hydrogen-bond donors (Lipinski definition) is 1. The summed E-state index contributed by atoms with van der Waals surface area (Å²) in [5.74, 6) is 0.553. The first kappa shape index (κ1) is 12.2. The molecule has 1 aliphatic heterocycles. The molecule has 0 fully saturated rings. The van der Waals surface area contributed by atoms with E-state index < -0.39 is 0 Å². The molecule has 0 unspecified atom stereocenters. The molecule has 2 N–H and O–H groups in total. The predicted molar refractivity (Wildman–Crippen MR) is 66.6 cm³/mol. The normalized spacial score (nSPS) is 17.7. The van der Waals surface area contributed by atoms with Gasteiger partial charge in [0, 0.05) is 24.3 Å². The smallest absolute Gasteiger partial charge is 0.205 e. The minimum Gasteiger partial charge on any atom is -0.440 e. The number of carbonyl (C=O) groups is 1. The minimum atomic E-state index is -0.285. The Balaban J connectivity index is 2.45. The average molecular weight is 242 g/mol. The number of benzene rings is 1. The Kier molecular flexibility index (Phi) is 3.33. The number of carbonyl (C=O) groups excluding carboxylic acids is 1. The van der Waals surface area contributed by atoms with E-state index in [1.54, 1.807) is 6.07 Å². The summed E-state index contributed by atoms with van der Waals surface area (Å²) in [4.78, 5) is 11.6. The van der Waals surface area contributed by atoms with Crippen LogP contribution in [0.1, 0.15) is 31.2 Å². The molecule has 4 nitrogen and oxygen atoms in total. The van der Waals surface area contributed by atoms with Gasteiger partial charge >= 0.3 is 0 Å². The number of ether oxygens (including phenoxy) is 1. The summed E-state index contributed by atoms with van der Waals surface area (Å²) in [5, 5.41) is 9.16. The van der Waals surface area contributed by atoms with E-state index in [0.29, 0.717) is 24.2 Å². The SMILES string of the molecule is CCC(=O)C[C@@H]1C(C#N)=C(N)Oc2ccccc21. The molecule has 1 aromatic carbocycles. The summed E-state index contributed by atoms with van der Waals surface area (Å²) >= 11 is 0. The number of allylic oxidation sites excluding steroid dienone is 1. The van der Waals surface area contributed by atoms with Crippen molar-refractivity contribution < 1.29 is 9.53 Å². The number of para-hydroxylation sites is 1. The molecule has 0 bridgehead atoms. The van der Waals surface area contributed by atoms with E-state index in [0.717, 1.165) is 5.56 Å². The topological polar surface area (TPSA) is 76.1 Å². The molecule has 1 aliphatic rings. The van der Waals surface area contributed by atoms with Crippen LogP contribution in [0.4, 0.5) is 0 Å². The van der Waals surface area contributed by atoms with Gasteiger partial charge in [0.15, 0.2) is 0 Å². The Hall–Kier alpha value is -2.28. The molecule has 0 aliphatic carbocycles. The van der Waals surface area contributed by atoms with Crippen molar-refractivity contribution >= 4 is 5.78 Å². The van der Waals surface area contributed by atoms with Crippen LogP contribution in [0.25, 0.3) is 0 Å². The van der Waals surface area contributed by atoms with Crippen molar-refractivity contribution in [3.8, 4) is 11.8 Å². The Morgan fingerprint density at radius 3 is 2.89 bits per heavy atom. The lowest BCUT2D eigenvalue weighted by molar-refractivity contribution is -0.119. The molecule has 0 saturated heterocycles. The lowest BCUT2D eigenvalue weighted by Gasteiger charge is -2.25. The number of nitrogens with two attached hydrogens (primary N) is 1.